The highest BCUT2D eigenvalue weighted by molar-refractivity contribution is 5.89. The zero-order valence-corrected chi connectivity index (χ0v) is 19.1. The minimum absolute atomic E-state index is 0.0705. The summed E-state index contributed by atoms with van der Waals surface area (Å²) in [6.07, 6.45) is -3.84. The molecular formula is C22H23F6N3O6. The van der Waals surface area contributed by atoms with Crippen LogP contribution >= 0.6 is 0 Å². The van der Waals surface area contributed by atoms with E-state index in [2.05, 4.69) is 0 Å². The van der Waals surface area contributed by atoms with E-state index in [1.165, 1.54) is 4.90 Å². The lowest BCUT2D eigenvalue weighted by atomic mass is 10.0. The standard InChI is InChI=1S/C18H19F6N3O2.C4H4O4/c19-12-6-14(21)13(20)4-10(12)3-11(25)5-16(28)27-2-1-9-7-26(8-15(9)27)17(29)18(22,23)24;5-3(6)1-2-4(7)8/h4,6,9,11,15H,1-3,5,7-8,25H2;1-2H,(H,5,6)(H,7,8)/t9-,11+,15+;/m0./s1. The zero-order chi connectivity index (χ0) is 28.1. The molecule has 0 aromatic heterocycles. The van der Waals surface area contributed by atoms with Gasteiger partial charge in [-0.3, -0.25) is 9.59 Å². The van der Waals surface area contributed by atoms with Gasteiger partial charge in [0.2, 0.25) is 5.91 Å². The zero-order valence-electron chi connectivity index (χ0n) is 19.1. The Morgan fingerprint density at radius 2 is 1.57 bits per heavy atom. The summed E-state index contributed by atoms with van der Waals surface area (Å²) in [6, 6.07) is -0.343. The number of hydrogen-bond acceptors (Lipinski definition) is 5. The molecule has 2 amide bonds. The number of benzene rings is 1. The molecule has 9 nitrogen and oxygen atoms in total. The van der Waals surface area contributed by atoms with E-state index in [1.807, 2.05) is 0 Å². The first-order valence-corrected chi connectivity index (χ1v) is 10.8. The van der Waals surface area contributed by atoms with Crippen molar-refractivity contribution in [1.82, 2.24) is 9.80 Å². The topological polar surface area (TPSA) is 141 Å². The number of nitrogens with two attached hydrogens (primary N) is 1. The molecule has 0 bridgehead atoms. The maximum absolute atomic E-state index is 13.7. The molecule has 1 aromatic rings. The van der Waals surface area contributed by atoms with Crippen molar-refractivity contribution in [2.45, 2.75) is 37.5 Å². The quantitative estimate of drug-likeness (QED) is 0.284. The molecule has 4 N–H and O–H groups in total. The number of alkyl halides is 3. The molecule has 0 saturated carbocycles. The van der Waals surface area contributed by atoms with Gasteiger partial charge < -0.3 is 25.7 Å². The third kappa shape index (κ3) is 8.20. The normalized spacial score (nSPS) is 19.9. The Kier molecular flexibility index (Phi) is 9.67. The molecule has 15 heteroatoms. The lowest BCUT2D eigenvalue weighted by Gasteiger charge is -2.26. The van der Waals surface area contributed by atoms with Crippen LogP contribution < -0.4 is 5.73 Å². The third-order valence-corrected chi connectivity index (χ3v) is 5.77. The lowest BCUT2D eigenvalue weighted by molar-refractivity contribution is -0.184. The van der Waals surface area contributed by atoms with Crippen LogP contribution in [-0.2, 0) is 25.6 Å². The van der Waals surface area contributed by atoms with Gasteiger partial charge in [0.1, 0.15) is 5.82 Å². The number of fused-ring (bicyclic) bond motifs is 1. The Morgan fingerprint density at radius 3 is 2.11 bits per heavy atom. The number of amides is 2. The Hall–Kier alpha value is -3.62. The van der Waals surface area contributed by atoms with Gasteiger partial charge >= 0.3 is 24.0 Å². The number of aliphatic carboxylic acids is 2. The number of carboxylic acids is 2. The van der Waals surface area contributed by atoms with Crippen molar-refractivity contribution < 1.29 is 55.7 Å². The number of likely N-dealkylation sites (tertiary alicyclic amines) is 2. The average molecular weight is 539 g/mol. The highest BCUT2D eigenvalue weighted by atomic mass is 19.4. The van der Waals surface area contributed by atoms with E-state index >= 15 is 0 Å². The number of hydrogen-bond donors (Lipinski definition) is 3. The predicted octanol–water partition coefficient (Wildman–Crippen LogP) is 1.70. The molecule has 0 aliphatic carbocycles. The first-order chi connectivity index (χ1) is 17.1. The maximum Gasteiger partial charge on any atom is 0.471 e. The molecule has 37 heavy (non-hydrogen) atoms. The van der Waals surface area contributed by atoms with Crippen LogP contribution in [0.15, 0.2) is 24.3 Å². The van der Waals surface area contributed by atoms with Gasteiger partial charge in [-0.05, 0) is 24.5 Å². The molecule has 204 valence electrons. The van der Waals surface area contributed by atoms with Crippen molar-refractivity contribution in [2.24, 2.45) is 11.7 Å². The van der Waals surface area contributed by atoms with E-state index in [9.17, 15) is 45.5 Å². The van der Waals surface area contributed by atoms with Gasteiger partial charge in [-0.15, -0.1) is 0 Å². The monoisotopic (exact) mass is 539 g/mol. The Bertz CT molecular complexity index is 1060. The molecule has 0 radical (unpaired) electrons. The maximum atomic E-state index is 13.7. The van der Waals surface area contributed by atoms with Crippen molar-refractivity contribution in [3.05, 3.63) is 47.3 Å². The molecular weight excluding hydrogens is 516 g/mol. The molecule has 3 rings (SSSR count). The summed E-state index contributed by atoms with van der Waals surface area (Å²) in [7, 11) is 0. The Morgan fingerprint density at radius 1 is 1.00 bits per heavy atom. The van der Waals surface area contributed by atoms with Gasteiger partial charge in [0.15, 0.2) is 11.6 Å². The van der Waals surface area contributed by atoms with Crippen LogP contribution in [-0.4, -0.2) is 81.7 Å². The first kappa shape index (κ1) is 29.6. The average Bonchev–Trinajstić information content (AvgIpc) is 3.36. The molecule has 2 aliphatic heterocycles. The highest BCUT2D eigenvalue weighted by Gasteiger charge is 2.50. The van der Waals surface area contributed by atoms with Crippen LogP contribution in [0.1, 0.15) is 18.4 Å². The molecule has 2 aliphatic rings. The Labute approximate surface area is 206 Å². The second kappa shape index (κ2) is 12.1. The van der Waals surface area contributed by atoms with Crippen molar-refractivity contribution in [1.29, 1.82) is 0 Å². The molecule has 0 spiro atoms. The highest BCUT2D eigenvalue weighted by Crippen LogP contribution is 2.34. The molecule has 2 fully saturated rings. The lowest BCUT2D eigenvalue weighted by Crippen LogP contribution is -2.45. The summed E-state index contributed by atoms with van der Waals surface area (Å²) in [4.78, 5) is 45.2. The second-order valence-corrected chi connectivity index (χ2v) is 8.45. The van der Waals surface area contributed by atoms with E-state index in [0.717, 1.165) is 0 Å². The molecule has 2 heterocycles. The molecule has 3 atom stereocenters. The predicted molar refractivity (Wildman–Crippen MR) is 113 cm³/mol. The van der Waals surface area contributed by atoms with Crippen LogP contribution in [0.25, 0.3) is 0 Å². The van der Waals surface area contributed by atoms with Crippen molar-refractivity contribution in [3.8, 4) is 0 Å². The fourth-order valence-corrected chi connectivity index (χ4v) is 4.18. The SMILES string of the molecule is N[C@@H](CC(=O)N1CC[C@H]2CN(C(=O)C(F)(F)F)C[C@H]21)Cc1cc(F)c(F)cc1F.O=C(O)C=CC(=O)O. The van der Waals surface area contributed by atoms with E-state index in [0.29, 0.717) is 42.2 Å². The van der Waals surface area contributed by atoms with Gasteiger partial charge in [-0.1, -0.05) is 0 Å². The van der Waals surface area contributed by atoms with Crippen LogP contribution in [0, 0.1) is 23.4 Å². The molecule has 1 aromatic carbocycles. The van der Waals surface area contributed by atoms with Gasteiger partial charge in [-0.25, -0.2) is 22.8 Å². The van der Waals surface area contributed by atoms with Crippen LogP contribution in [0.5, 0.6) is 0 Å². The summed E-state index contributed by atoms with van der Waals surface area (Å²) in [5.74, 6) is -8.67. The van der Waals surface area contributed by atoms with E-state index in [4.69, 9.17) is 15.9 Å². The Balaban J connectivity index is 0.000000521. The van der Waals surface area contributed by atoms with Gasteiger partial charge in [0.05, 0.1) is 6.04 Å². The second-order valence-electron chi connectivity index (χ2n) is 8.45. The summed E-state index contributed by atoms with van der Waals surface area (Å²) in [6.45, 7) is 0.0508. The van der Waals surface area contributed by atoms with E-state index in [-0.39, 0.29) is 37.4 Å². The number of carboxylic acid groups (broad SMARTS) is 2. The van der Waals surface area contributed by atoms with Gasteiger partial charge in [-0.2, -0.15) is 13.2 Å². The summed E-state index contributed by atoms with van der Waals surface area (Å²) < 4.78 is 77.9. The fraction of sp³-hybridized carbons (Fsp3) is 0.455. The largest absolute Gasteiger partial charge is 0.478 e. The van der Waals surface area contributed by atoms with Gasteiger partial charge in [0, 0.05) is 56.2 Å². The smallest absolute Gasteiger partial charge is 0.471 e. The number of nitrogens with zero attached hydrogens (tertiary/aromatic N) is 2. The van der Waals surface area contributed by atoms with Crippen molar-refractivity contribution in [3.63, 3.8) is 0 Å². The summed E-state index contributed by atoms with van der Waals surface area (Å²) >= 11 is 0. The number of rotatable bonds is 6. The molecule has 2 saturated heterocycles. The van der Waals surface area contributed by atoms with Crippen LogP contribution in [0.3, 0.4) is 0 Å². The van der Waals surface area contributed by atoms with Crippen molar-refractivity contribution in [2.75, 3.05) is 19.6 Å². The van der Waals surface area contributed by atoms with Crippen LogP contribution in [0.2, 0.25) is 0 Å². The number of carbonyl (C=O) groups excluding carboxylic acids is 2. The fourth-order valence-electron chi connectivity index (χ4n) is 4.18. The minimum Gasteiger partial charge on any atom is -0.478 e. The minimum atomic E-state index is -4.97. The van der Waals surface area contributed by atoms with Gasteiger partial charge in [0.25, 0.3) is 0 Å². The first-order valence-electron chi connectivity index (χ1n) is 10.8. The van der Waals surface area contributed by atoms with E-state index < -0.39 is 59.5 Å². The van der Waals surface area contributed by atoms with E-state index in [1.54, 1.807) is 0 Å². The van der Waals surface area contributed by atoms with Crippen LogP contribution in [0.4, 0.5) is 26.3 Å². The number of carbonyl (C=O) groups is 4. The summed E-state index contributed by atoms with van der Waals surface area (Å²) in [5.41, 5.74) is 5.68. The summed E-state index contributed by atoms with van der Waals surface area (Å²) in [5, 5.41) is 15.6. The third-order valence-electron chi connectivity index (χ3n) is 5.77. The van der Waals surface area contributed by atoms with Crippen molar-refractivity contribution >= 4 is 23.8 Å². The molecule has 0 unspecified atom stereocenters. The number of halogens is 6.